The normalized spacial score (nSPS) is 14.0. The van der Waals surface area contributed by atoms with E-state index in [-0.39, 0.29) is 35.8 Å². The number of aromatic nitrogens is 2. The number of carbonyl (C=O) groups excluding carboxylic acids is 2. The first kappa shape index (κ1) is 27.4. The monoisotopic (exact) mass is 541 g/mol. The smallest absolute Gasteiger partial charge is 0.254 e. The summed E-state index contributed by atoms with van der Waals surface area (Å²) in [7, 11) is 0. The zero-order chi connectivity index (χ0) is 27.2. The summed E-state index contributed by atoms with van der Waals surface area (Å²) in [4.78, 5) is 36.6. The Kier molecular flexibility index (Phi) is 8.89. The molecule has 0 unspecified atom stereocenters. The SMILES string of the molecule is CC(C)Nc1ncc(C(=O)NCc2cccc(Cl)c2)c(C2CCN(C(=O)Cc3c(F)cccc3F)CC2)n1. The molecule has 2 aromatic carbocycles. The van der Waals surface area contributed by atoms with Crippen molar-refractivity contribution in [1.82, 2.24) is 20.2 Å². The first-order chi connectivity index (χ1) is 18.2. The van der Waals surface area contributed by atoms with Crippen LogP contribution in [-0.2, 0) is 17.8 Å². The van der Waals surface area contributed by atoms with Crippen LogP contribution >= 0.6 is 11.6 Å². The number of hydrogen-bond acceptors (Lipinski definition) is 5. The number of likely N-dealkylation sites (tertiary alicyclic amines) is 1. The van der Waals surface area contributed by atoms with Gasteiger partial charge < -0.3 is 15.5 Å². The van der Waals surface area contributed by atoms with E-state index in [0.29, 0.717) is 54.7 Å². The zero-order valence-corrected chi connectivity index (χ0v) is 22.1. The minimum atomic E-state index is -0.729. The van der Waals surface area contributed by atoms with Crippen LogP contribution in [0.25, 0.3) is 0 Å². The third-order valence-electron chi connectivity index (χ3n) is 6.45. The van der Waals surface area contributed by atoms with Gasteiger partial charge in [-0.3, -0.25) is 9.59 Å². The Hall–Kier alpha value is -3.59. The molecular weight excluding hydrogens is 512 g/mol. The van der Waals surface area contributed by atoms with E-state index >= 15 is 0 Å². The largest absolute Gasteiger partial charge is 0.352 e. The maximum absolute atomic E-state index is 14.0. The Labute approximate surface area is 225 Å². The van der Waals surface area contributed by atoms with Crippen LogP contribution in [0, 0.1) is 11.6 Å². The van der Waals surface area contributed by atoms with E-state index < -0.39 is 11.6 Å². The summed E-state index contributed by atoms with van der Waals surface area (Å²) in [6, 6.07) is 10.9. The van der Waals surface area contributed by atoms with Gasteiger partial charge in [-0.2, -0.15) is 0 Å². The van der Waals surface area contributed by atoms with E-state index in [9.17, 15) is 18.4 Å². The maximum Gasteiger partial charge on any atom is 0.254 e. The van der Waals surface area contributed by atoms with Gasteiger partial charge in [0.1, 0.15) is 11.6 Å². The Balaban J connectivity index is 1.47. The average Bonchev–Trinajstić information content (AvgIpc) is 2.89. The molecule has 0 saturated carbocycles. The molecule has 2 N–H and O–H groups in total. The molecule has 2 amide bonds. The van der Waals surface area contributed by atoms with Gasteiger partial charge in [0.2, 0.25) is 11.9 Å². The number of anilines is 1. The fourth-order valence-corrected chi connectivity index (χ4v) is 4.71. The molecule has 38 heavy (non-hydrogen) atoms. The molecule has 4 rings (SSSR count). The van der Waals surface area contributed by atoms with E-state index in [1.165, 1.54) is 12.3 Å². The highest BCUT2D eigenvalue weighted by atomic mass is 35.5. The summed E-state index contributed by atoms with van der Waals surface area (Å²) in [5, 5.41) is 6.68. The first-order valence-electron chi connectivity index (χ1n) is 12.6. The number of carbonyl (C=O) groups is 2. The van der Waals surface area contributed by atoms with Gasteiger partial charge in [-0.1, -0.05) is 29.8 Å². The van der Waals surface area contributed by atoms with Gasteiger partial charge in [-0.05, 0) is 56.5 Å². The maximum atomic E-state index is 14.0. The van der Waals surface area contributed by atoms with Crippen LogP contribution < -0.4 is 10.6 Å². The van der Waals surface area contributed by atoms with Crippen molar-refractivity contribution >= 4 is 29.4 Å². The molecule has 10 heteroatoms. The molecule has 200 valence electrons. The van der Waals surface area contributed by atoms with Crippen molar-refractivity contribution in [2.75, 3.05) is 18.4 Å². The minimum absolute atomic E-state index is 0.0909. The van der Waals surface area contributed by atoms with Crippen LogP contribution in [-0.4, -0.2) is 45.8 Å². The molecular formula is C28H30ClF2N5O2. The number of nitrogens with zero attached hydrogens (tertiary/aromatic N) is 3. The van der Waals surface area contributed by atoms with Gasteiger partial charge in [-0.15, -0.1) is 0 Å². The van der Waals surface area contributed by atoms with Crippen LogP contribution in [0.15, 0.2) is 48.7 Å². The van der Waals surface area contributed by atoms with E-state index in [0.717, 1.165) is 17.7 Å². The lowest BCUT2D eigenvalue weighted by atomic mass is 9.90. The van der Waals surface area contributed by atoms with Crippen LogP contribution in [0.2, 0.25) is 5.02 Å². The number of rotatable bonds is 8. The molecule has 0 aliphatic carbocycles. The molecule has 2 heterocycles. The Morgan fingerprint density at radius 3 is 2.45 bits per heavy atom. The second kappa shape index (κ2) is 12.3. The number of amides is 2. The van der Waals surface area contributed by atoms with Crippen molar-refractivity contribution in [3.05, 3.63) is 87.7 Å². The number of piperidine rings is 1. The summed E-state index contributed by atoms with van der Waals surface area (Å²) < 4.78 is 28.1. The molecule has 0 spiro atoms. The topological polar surface area (TPSA) is 87.2 Å². The van der Waals surface area contributed by atoms with Crippen LogP contribution in [0.3, 0.4) is 0 Å². The van der Waals surface area contributed by atoms with Crippen molar-refractivity contribution in [2.24, 2.45) is 0 Å². The highest BCUT2D eigenvalue weighted by molar-refractivity contribution is 6.30. The molecule has 1 saturated heterocycles. The molecule has 0 radical (unpaired) electrons. The fourth-order valence-electron chi connectivity index (χ4n) is 4.50. The molecule has 1 aromatic heterocycles. The highest BCUT2D eigenvalue weighted by Crippen LogP contribution is 2.30. The molecule has 1 fully saturated rings. The third-order valence-corrected chi connectivity index (χ3v) is 6.68. The molecule has 7 nitrogen and oxygen atoms in total. The van der Waals surface area contributed by atoms with E-state index in [2.05, 4.69) is 20.6 Å². The van der Waals surface area contributed by atoms with Gasteiger partial charge in [0.25, 0.3) is 5.91 Å². The summed E-state index contributed by atoms with van der Waals surface area (Å²) in [6.07, 6.45) is 2.30. The van der Waals surface area contributed by atoms with E-state index in [1.54, 1.807) is 17.0 Å². The van der Waals surface area contributed by atoms with Gasteiger partial charge >= 0.3 is 0 Å². The Morgan fingerprint density at radius 1 is 1.11 bits per heavy atom. The lowest BCUT2D eigenvalue weighted by Gasteiger charge is -2.32. The van der Waals surface area contributed by atoms with Gasteiger partial charge in [0.05, 0.1) is 17.7 Å². The number of halogens is 3. The second-order valence-electron chi connectivity index (χ2n) is 9.64. The first-order valence-corrected chi connectivity index (χ1v) is 13.0. The summed E-state index contributed by atoms with van der Waals surface area (Å²) in [5.74, 6) is -1.76. The van der Waals surface area contributed by atoms with Crippen LogP contribution in [0.5, 0.6) is 0 Å². The third kappa shape index (κ3) is 6.83. The molecule has 1 aliphatic rings. The Bertz CT molecular complexity index is 1290. The summed E-state index contributed by atoms with van der Waals surface area (Å²) in [5.41, 5.74) is 1.63. The number of nitrogens with one attached hydrogen (secondary N) is 2. The van der Waals surface area contributed by atoms with Gasteiger partial charge in [0.15, 0.2) is 0 Å². The predicted molar refractivity (Wildman–Crippen MR) is 142 cm³/mol. The van der Waals surface area contributed by atoms with Crippen LogP contribution in [0.1, 0.15) is 59.8 Å². The quantitative estimate of drug-likeness (QED) is 0.414. The van der Waals surface area contributed by atoms with Crippen molar-refractivity contribution < 1.29 is 18.4 Å². The van der Waals surface area contributed by atoms with Gasteiger partial charge in [0, 0.05) is 48.4 Å². The molecule has 0 atom stereocenters. The minimum Gasteiger partial charge on any atom is -0.352 e. The number of benzene rings is 2. The van der Waals surface area contributed by atoms with Crippen molar-refractivity contribution in [2.45, 2.75) is 51.6 Å². The molecule has 3 aromatic rings. The Morgan fingerprint density at radius 2 is 1.79 bits per heavy atom. The summed E-state index contributed by atoms with van der Waals surface area (Å²) >= 11 is 6.05. The average molecular weight is 542 g/mol. The summed E-state index contributed by atoms with van der Waals surface area (Å²) in [6.45, 7) is 5.01. The lowest BCUT2D eigenvalue weighted by Crippen LogP contribution is -2.39. The molecule has 0 bridgehead atoms. The lowest BCUT2D eigenvalue weighted by molar-refractivity contribution is -0.131. The highest BCUT2D eigenvalue weighted by Gasteiger charge is 2.29. The number of hydrogen-bond donors (Lipinski definition) is 2. The fraction of sp³-hybridized carbons (Fsp3) is 0.357. The standard InChI is InChI=1S/C28H30ClF2N5O2/c1-17(2)34-28-33-16-22(27(38)32-15-18-5-3-6-20(29)13-18)26(35-28)19-9-11-36(12-10-19)25(37)14-21-23(30)7-4-8-24(21)31/h3-8,13,16-17,19H,9-12,14-15H2,1-2H3,(H,32,38)(H,33,34,35). The van der Waals surface area contributed by atoms with Crippen molar-refractivity contribution in [3.8, 4) is 0 Å². The van der Waals surface area contributed by atoms with Gasteiger partial charge in [-0.25, -0.2) is 18.7 Å². The second-order valence-corrected chi connectivity index (χ2v) is 10.1. The van der Waals surface area contributed by atoms with E-state index in [4.69, 9.17) is 11.6 Å². The van der Waals surface area contributed by atoms with E-state index in [1.807, 2.05) is 26.0 Å². The predicted octanol–water partition coefficient (Wildman–Crippen LogP) is 5.11. The van der Waals surface area contributed by atoms with Crippen molar-refractivity contribution in [3.63, 3.8) is 0 Å². The molecule has 1 aliphatic heterocycles. The van der Waals surface area contributed by atoms with Crippen molar-refractivity contribution in [1.29, 1.82) is 0 Å². The zero-order valence-electron chi connectivity index (χ0n) is 21.3. The van der Waals surface area contributed by atoms with Crippen LogP contribution in [0.4, 0.5) is 14.7 Å².